The molecule has 3 heteroatoms. The van der Waals surface area contributed by atoms with Gasteiger partial charge in [0.2, 0.25) is 0 Å². The third-order valence-corrected chi connectivity index (χ3v) is 2.64. The van der Waals surface area contributed by atoms with Gasteiger partial charge in [0.15, 0.2) is 5.78 Å². The summed E-state index contributed by atoms with van der Waals surface area (Å²) in [7, 11) is 0. The lowest BCUT2D eigenvalue weighted by atomic mass is 10.1. The van der Waals surface area contributed by atoms with E-state index in [2.05, 4.69) is 9.55 Å². The molecule has 0 atom stereocenters. The molecule has 1 aromatic heterocycles. The molecule has 2 heterocycles. The fourth-order valence-electron chi connectivity index (χ4n) is 2.00. The van der Waals surface area contributed by atoms with Gasteiger partial charge in [-0.1, -0.05) is 0 Å². The molecule has 0 amide bonds. The molecule has 0 spiro atoms. The minimum atomic E-state index is 0.0961. The molecule has 1 aliphatic rings. The van der Waals surface area contributed by atoms with Crippen molar-refractivity contribution in [1.82, 2.24) is 9.55 Å². The van der Waals surface area contributed by atoms with Crippen molar-refractivity contribution in [2.45, 2.75) is 39.7 Å². The standard InChI is InChI=1S/C10H14N2O/c1-7(13)10-9-5-3-4-6-12(9)8(2)11-10/h3-6H2,1-2H3. The molecular weight excluding hydrogens is 164 g/mol. The molecule has 0 radical (unpaired) electrons. The van der Waals surface area contributed by atoms with Gasteiger partial charge in [0, 0.05) is 19.2 Å². The van der Waals surface area contributed by atoms with E-state index >= 15 is 0 Å². The first-order valence-corrected chi connectivity index (χ1v) is 4.77. The number of hydrogen-bond acceptors (Lipinski definition) is 2. The first-order valence-electron chi connectivity index (χ1n) is 4.77. The number of hydrogen-bond donors (Lipinski definition) is 0. The molecule has 0 unspecified atom stereocenters. The molecule has 0 bridgehead atoms. The Kier molecular flexibility index (Phi) is 1.94. The van der Waals surface area contributed by atoms with Crippen molar-refractivity contribution in [3.05, 3.63) is 17.2 Å². The summed E-state index contributed by atoms with van der Waals surface area (Å²) in [5, 5.41) is 0. The fraction of sp³-hybridized carbons (Fsp3) is 0.600. The first-order chi connectivity index (χ1) is 6.20. The number of aromatic nitrogens is 2. The van der Waals surface area contributed by atoms with Crippen molar-refractivity contribution >= 4 is 5.78 Å². The van der Waals surface area contributed by atoms with Gasteiger partial charge in [-0.2, -0.15) is 0 Å². The molecule has 0 saturated carbocycles. The Hall–Kier alpha value is -1.12. The molecule has 0 fully saturated rings. The van der Waals surface area contributed by atoms with Crippen molar-refractivity contribution in [2.75, 3.05) is 0 Å². The van der Waals surface area contributed by atoms with E-state index in [1.165, 1.54) is 12.8 Å². The van der Waals surface area contributed by atoms with E-state index in [1.54, 1.807) is 6.92 Å². The van der Waals surface area contributed by atoms with Gasteiger partial charge in [0.05, 0.1) is 0 Å². The number of nitrogens with zero attached hydrogens (tertiary/aromatic N) is 2. The van der Waals surface area contributed by atoms with Crippen LogP contribution in [0.2, 0.25) is 0 Å². The number of aryl methyl sites for hydroxylation is 1. The van der Waals surface area contributed by atoms with E-state index in [1.807, 2.05) is 6.92 Å². The summed E-state index contributed by atoms with van der Waals surface area (Å²) in [5.74, 6) is 1.08. The molecule has 70 valence electrons. The topological polar surface area (TPSA) is 34.9 Å². The monoisotopic (exact) mass is 178 g/mol. The van der Waals surface area contributed by atoms with Gasteiger partial charge in [0.25, 0.3) is 0 Å². The van der Waals surface area contributed by atoms with Gasteiger partial charge in [-0.3, -0.25) is 4.79 Å². The van der Waals surface area contributed by atoms with Crippen molar-refractivity contribution in [1.29, 1.82) is 0 Å². The lowest BCUT2D eigenvalue weighted by molar-refractivity contribution is 0.101. The number of Topliss-reactive ketones (excluding diaryl/α,β-unsaturated/α-hetero) is 1. The lowest BCUT2D eigenvalue weighted by Gasteiger charge is -2.15. The highest BCUT2D eigenvalue weighted by Gasteiger charge is 2.19. The number of imidazole rings is 1. The van der Waals surface area contributed by atoms with Crippen LogP contribution in [0.5, 0.6) is 0 Å². The van der Waals surface area contributed by atoms with Gasteiger partial charge in [0.1, 0.15) is 11.5 Å². The van der Waals surface area contributed by atoms with Crippen LogP contribution in [0.1, 0.15) is 41.8 Å². The average Bonchev–Trinajstić information content (AvgIpc) is 2.45. The number of carbonyl (C=O) groups excluding carboxylic acids is 1. The van der Waals surface area contributed by atoms with Gasteiger partial charge >= 0.3 is 0 Å². The zero-order valence-corrected chi connectivity index (χ0v) is 8.13. The summed E-state index contributed by atoms with van der Waals surface area (Å²) in [5.41, 5.74) is 1.84. The molecule has 0 aromatic carbocycles. The van der Waals surface area contributed by atoms with Crippen LogP contribution < -0.4 is 0 Å². The van der Waals surface area contributed by atoms with E-state index in [0.29, 0.717) is 5.69 Å². The molecule has 0 saturated heterocycles. The van der Waals surface area contributed by atoms with Gasteiger partial charge in [-0.15, -0.1) is 0 Å². The Morgan fingerprint density at radius 3 is 2.92 bits per heavy atom. The average molecular weight is 178 g/mol. The van der Waals surface area contributed by atoms with Gasteiger partial charge in [-0.05, 0) is 26.2 Å². The van der Waals surface area contributed by atoms with E-state index in [9.17, 15) is 4.79 Å². The van der Waals surface area contributed by atoms with Crippen LogP contribution in [0.15, 0.2) is 0 Å². The van der Waals surface area contributed by atoms with E-state index in [0.717, 1.165) is 24.5 Å². The summed E-state index contributed by atoms with van der Waals surface area (Å²) in [6.45, 7) is 4.60. The molecule has 1 aliphatic heterocycles. The second-order valence-electron chi connectivity index (χ2n) is 3.62. The lowest BCUT2D eigenvalue weighted by Crippen LogP contribution is -2.12. The second-order valence-corrected chi connectivity index (χ2v) is 3.62. The number of ketones is 1. The molecule has 2 rings (SSSR count). The van der Waals surface area contributed by atoms with Crippen LogP contribution in [0, 0.1) is 6.92 Å². The maximum Gasteiger partial charge on any atom is 0.179 e. The fourth-order valence-corrected chi connectivity index (χ4v) is 2.00. The molecule has 0 N–H and O–H groups in total. The van der Waals surface area contributed by atoms with Crippen molar-refractivity contribution in [3.8, 4) is 0 Å². The van der Waals surface area contributed by atoms with Crippen LogP contribution in [0.25, 0.3) is 0 Å². The first kappa shape index (κ1) is 8.48. The Labute approximate surface area is 77.8 Å². The molecular formula is C10H14N2O. The minimum Gasteiger partial charge on any atom is -0.332 e. The summed E-state index contributed by atoms with van der Waals surface area (Å²) < 4.78 is 2.18. The van der Waals surface area contributed by atoms with Gasteiger partial charge in [-0.25, -0.2) is 4.98 Å². The predicted octanol–water partition coefficient (Wildman–Crippen LogP) is 1.73. The number of fused-ring (bicyclic) bond motifs is 1. The van der Waals surface area contributed by atoms with Crippen molar-refractivity contribution in [3.63, 3.8) is 0 Å². The van der Waals surface area contributed by atoms with Crippen molar-refractivity contribution < 1.29 is 4.79 Å². The Morgan fingerprint density at radius 1 is 1.46 bits per heavy atom. The largest absolute Gasteiger partial charge is 0.332 e. The van der Waals surface area contributed by atoms with Crippen LogP contribution in [-0.4, -0.2) is 15.3 Å². The minimum absolute atomic E-state index is 0.0961. The predicted molar refractivity (Wildman–Crippen MR) is 49.9 cm³/mol. The molecule has 3 nitrogen and oxygen atoms in total. The summed E-state index contributed by atoms with van der Waals surface area (Å²) >= 11 is 0. The quantitative estimate of drug-likeness (QED) is 0.614. The zero-order chi connectivity index (χ0) is 9.42. The van der Waals surface area contributed by atoms with Crippen LogP contribution in [0.3, 0.4) is 0 Å². The second kappa shape index (κ2) is 2.98. The SMILES string of the molecule is CC(=O)c1nc(C)n2c1CCCC2. The zero-order valence-electron chi connectivity index (χ0n) is 8.13. The molecule has 0 aliphatic carbocycles. The summed E-state index contributed by atoms with van der Waals surface area (Å²) in [4.78, 5) is 15.6. The summed E-state index contributed by atoms with van der Waals surface area (Å²) in [6.07, 6.45) is 3.41. The van der Waals surface area contributed by atoms with E-state index in [4.69, 9.17) is 0 Å². The van der Waals surface area contributed by atoms with Gasteiger partial charge < -0.3 is 4.57 Å². The Morgan fingerprint density at radius 2 is 2.23 bits per heavy atom. The van der Waals surface area contributed by atoms with Crippen LogP contribution in [-0.2, 0) is 13.0 Å². The van der Waals surface area contributed by atoms with Crippen LogP contribution in [0.4, 0.5) is 0 Å². The number of rotatable bonds is 1. The number of carbonyl (C=O) groups is 1. The Bertz CT molecular complexity index is 352. The molecule has 1 aromatic rings. The molecule has 13 heavy (non-hydrogen) atoms. The summed E-state index contributed by atoms with van der Waals surface area (Å²) in [6, 6.07) is 0. The highest BCUT2D eigenvalue weighted by atomic mass is 16.1. The smallest absolute Gasteiger partial charge is 0.179 e. The van der Waals surface area contributed by atoms with E-state index < -0.39 is 0 Å². The maximum absolute atomic E-state index is 11.3. The third-order valence-electron chi connectivity index (χ3n) is 2.64. The van der Waals surface area contributed by atoms with Crippen molar-refractivity contribution in [2.24, 2.45) is 0 Å². The van der Waals surface area contributed by atoms with E-state index in [-0.39, 0.29) is 5.78 Å². The maximum atomic E-state index is 11.3. The normalized spacial score (nSPS) is 15.5. The highest BCUT2D eigenvalue weighted by molar-refractivity contribution is 5.93. The third kappa shape index (κ3) is 1.28. The highest BCUT2D eigenvalue weighted by Crippen LogP contribution is 2.20. The van der Waals surface area contributed by atoms with Crippen LogP contribution >= 0.6 is 0 Å². The Balaban J connectivity index is 2.53.